The highest BCUT2D eigenvalue weighted by Crippen LogP contribution is 2.30. The van der Waals surface area contributed by atoms with Crippen LogP contribution in [0.15, 0.2) is 59.7 Å². The van der Waals surface area contributed by atoms with Crippen molar-refractivity contribution < 1.29 is 4.79 Å². The van der Waals surface area contributed by atoms with Gasteiger partial charge in [0.1, 0.15) is 5.56 Å². The van der Waals surface area contributed by atoms with E-state index in [1.807, 2.05) is 28.8 Å². The number of para-hydroxylation sites is 2. The second kappa shape index (κ2) is 10.1. The number of aromatic nitrogens is 3. The molecule has 3 N–H and O–H groups in total. The van der Waals surface area contributed by atoms with Gasteiger partial charge in [0, 0.05) is 50.3 Å². The zero-order valence-electron chi connectivity index (χ0n) is 22.5. The van der Waals surface area contributed by atoms with Crippen molar-refractivity contribution >= 4 is 34.3 Å². The number of pyridine rings is 1. The summed E-state index contributed by atoms with van der Waals surface area (Å²) in [6.45, 7) is 6.16. The Bertz CT molecular complexity index is 1620. The van der Waals surface area contributed by atoms with Crippen LogP contribution in [-0.2, 0) is 12.8 Å². The number of anilines is 3. The van der Waals surface area contributed by atoms with Crippen molar-refractivity contribution in [1.82, 2.24) is 25.2 Å². The van der Waals surface area contributed by atoms with Gasteiger partial charge in [-0.25, -0.2) is 4.98 Å². The third kappa shape index (κ3) is 4.74. The van der Waals surface area contributed by atoms with E-state index < -0.39 is 11.3 Å². The van der Waals surface area contributed by atoms with Gasteiger partial charge < -0.3 is 25.4 Å². The summed E-state index contributed by atoms with van der Waals surface area (Å²) in [4.78, 5) is 37.6. The maximum atomic E-state index is 13.3. The molecule has 0 radical (unpaired) electrons. The van der Waals surface area contributed by atoms with E-state index in [0.29, 0.717) is 29.1 Å². The highest BCUT2D eigenvalue weighted by atomic mass is 16.2. The molecular formula is C30H33N7O2. The lowest BCUT2D eigenvalue weighted by molar-refractivity contribution is 0.0961. The number of amides is 1. The summed E-state index contributed by atoms with van der Waals surface area (Å²) in [6.07, 6.45) is 6.33. The minimum absolute atomic E-state index is 0.0575. The fourth-order valence-corrected chi connectivity index (χ4v) is 5.87. The molecule has 1 saturated heterocycles. The Balaban J connectivity index is 1.45. The molecular weight excluding hydrogens is 490 g/mol. The van der Waals surface area contributed by atoms with Crippen LogP contribution in [0, 0.1) is 0 Å². The summed E-state index contributed by atoms with van der Waals surface area (Å²) in [7, 11) is 1.52. The van der Waals surface area contributed by atoms with Crippen LogP contribution in [0.4, 0.5) is 17.3 Å². The number of hydrogen-bond acceptors (Lipinski definition) is 7. The number of benzene rings is 2. The number of nitrogens with one attached hydrogen (secondary N) is 3. The van der Waals surface area contributed by atoms with Gasteiger partial charge in [0.25, 0.3) is 5.91 Å². The topological polar surface area (TPSA) is 104 Å². The average Bonchev–Trinajstić information content (AvgIpc) is 3.41. The Kier molecular flexibility index (Phi) is 6.52. The molecule has 3 heterocycles. The molecule has 200 valence electrons. The van der Waals surface area contributed by atoms with Crippen molar-refractivity contribution in [3.8, 4) is 5.69 Å². The van der Waals surface area contributed by atoms with Crippen LogP contribution >= 0.6 is 0 Å². The first-order valence-electron chi connectivity index (χ1n) is 13.5. The molecule has 1 amide bonds. The fraction of sp³-hybridized carbons (Fsp3) is 0.333. The second-order valence-corrected chi connectivity index (χ2v) is 10.6. The molecule has 9 heteroatoms. The lowest BCUT2D eigenvalue weighted by Gasteiger charge is -2.38. The molecule has 9 nitrogen and oxygen atoms in total. The molecule has 4 aromatic rings. The number of piperazine rings is 1. The normalized spacial score (nSPS) is 18.7. The van der Waals surface area contributed by atoms with Crippen molar-refractivity contribution in [2.24, 2.45) is 0 Å². The third-order valence-electron chi connectivity index (χ3n) is 7.62. The van der Waals surface area contributed by atoms with E-state index >= 15 is 0 Å². The molecule has 0 spiro atoms. The molecule has 6 rings (SSSR count). The van der Waals surface area contributed by atoms with Crippen LogP contribution in [0.2, 0.25) is 0 Å². The number of nitrogens with zero attached hydrogens (tertiary/aromatic N) is 4. The first-order valence-corrected chi connectivity index (χ1v) is 13.5. The van der Waals surface area contributed by atoms with Crippen LogP contribution in [0.5, 0.6) is 0 Å². The quantitative estimate of drug-likeness (QED) is 0.368. The largest absolute Gasteiger partial charge is 0.367 e. The van der Waals surface area contributed by atoms with Crippen LogP contribution < -0.4 is 26.3 Å². The molecule has 39 heavy (non-hydrogen) atoms. The monoisotopic (exact) mass is 523 g/mol. The highest BCUT2D eigenvalue weighted by Gasteiger charge is 2.23. The summed E-state index contributed by atoms with van der Waals surface area (Å²) in [6, 6.07) is 15.2. The van der Waals surface area contributed by atoms with Crippen LogP contribution in [0.25, 0.3) is 16.7 Å². The number of carbonyl (C=O) groups is 1. The Morgan fingerprint density at radius 3 is 2.62 bits per heavy atom. The summed E-state index contributed by atoms with van der Waals surface area (Å²) in [5.41, 5.74) is 5.59. The smallest absolute Gasteiger partial charge is 0.256 e. The number of rotatable bonds is 5. The van der Waals surface area contributed by atoms with E-state index in [4.69, 9.17) is 4.98 Å². The molecule has 1 fully saturated rings. The minimum atomic E-state index is -0.438. The lowest BCUT2D eigenvalue weighted by Crippen LogP contribution is -2.54. The van der Waals surface area contributed by atoms with Gasteiger partial charge in [0.15, 0.2) is 5.65 Å². The summed E-state index contributed by atoms with van der Waals surface area (Å²) < 4.78 is 1.83. The Morgan fingerprint density at radius 1 is 1.05 bits per heavy atom. The van der Waals surface area contributed by atoms with Gasteiger partial charge in [-0.05, 0) is 68.5 Å². The molecule has 0 bridgehead atoms. The zero-order valence-corrected chi connectivity index (χ0v) is 22.5. The van der Waals surface area contributed by atoms with Gasteiger partial charge in [0.2, 0.25) is 11.4 Å². The molecule has 2 aromatic carbocycles. The van der Waals surface area contributed by atoms with E-state index in [0.717, 1.165) is 49.4 Å². The van der Waals surface area contributed by atoms with E-state index in [1.165, 1.54) is 24.4 Å². The van der Waals surface area contributed by atoms with Crippen LogP contribution in [0.1, 0.15) is 41.8 Å². The summed E-state index contributed by atoms with van der Waals surface area (Å²) in [5, 5.41) is 9.85. The molecule has 1 aliphatic heterocycles. The van der Waals surface area contributed by atoms with Gasteiger partial charge in [-0.3, -0.25) is 9.59 Å². The number of aryl methyl sites for hydroxylation is 2. The molecule has 2 aliphatic rings. The first kappa shape index (κ1) is 25.1. The van der Waals surface area contributed by atoms with E-state index in [-0.39, 0.29) is 5.56 Å². The van der Waals surface area contributed by atoms with Crippen molar-refractivity contribution in [1.29, 1.82) is 0 Å². The molecule has 1 aliphatic carbocycles. The van der Waals surface area contributed by atoms with E-state index in [9.17, 15) is 9.59 Å². The third-order valence-corrected chi connectivity index (χ3v) is 7.62. The van der Waals surface area contributed by atoms with Gasteiger partial charge >= 0.3 is 0 Å². The maximum absolute atomic E-state index is 13.3. The predicted molar refractivity (Wildman–Crippen MR) is 155 cm³/mol. The number of hydrogen-bond donors (Lipinski definition) is 3. The number of carbonyl (C=O) groups excluding carboxylic acids is 1. The predicted octanol–water partition coefficient (Wildman–Crippen LogP) is 3.56. The van der Waals surface area contributed by atoms with Crippen molar-refractivity contribution in [2.75, 3.05) is 30.4 Å². The van der Waals surface area contributed by atoms with Gasteiger partial charge in [-0.2, -0.15) is 4.98 Å². The Hall–Kier alpha value is -4.24. The molecule has 0 saturated carbocycles. The standard InChI is InChI=1S/C30H33N7O2/c1-18-15-36(16-19(2)33-18)26-10-5-4-9-25(26)34-30-32-14-23-27(38)24(29(39)31-3)17-37(28(23)35-30)22-12-11-20-7-6-8-21(20)13-22/h4-5,9-14,17-19,33H,6-8,15-16H2,1-3H3,(H,31,39)(H,32,34,35). The molecule has 2 aromatic heterocycles. The SMILES string of the molecule is CNC(=O)c1cn(-c2ccc3c(c2)CCC3)c2nc(Nc3ccccc3N3CC(C)NC(C)C3)ncc2c1=O. The van der Waals surface area contributed by atoms with Crippen molar-refractivity contribution in [2.45, 2.75) is 45.2 Å². The van der Waals surface area contributed by atoms with E-state index in [1.54, 1.807) is 6.20 Å². The summed E-state index contributed by atoms with van der Waals surface area (Å²) >= 11 is 0. The van der Waals surface area contributed by atoms with Gasteiger partial charge in [0.05, 0.1) is 16.8 Å². The van der Waals surface area contributed by atoms with E-state index in [2.05, 4.69) is 57.9 Å². The second-order valence-electron chi connectivity index (χ2n) is 10.6. The van der Waals surface area contributed by atoms with Crippen molar-refractivity contribution in [3.05, 3.63) is 81.8 Å². The Labute approximate surface area is 227 Å². The zero-order chi connectivity index (χ0) is 27.1. The van der Waals surface area contributed by atoms with Crippen molar-refractivity contribution in [3.63, 3.8) is 0 Å². The highest BCUT2D eigenvalue weighted by molar-refractivity contribution is 5.97. The fourth-order valence-electron chi connectivity index (χ4n) is 5.87. The van der Waals surface area contributed by atoms with Crippen LogP contribution in [-0.4, -0.2) is 52.7 Å². The number of fused-ring (bicyclic) bond motifs is 2. The van der Waals surface area contributed by atoms with Gasteiger partial charge in [-0.1, -0.05) is 18.2 Å². The maximum Gasteiger partial charge on any atom is 0.256 e. The van der Waals surface area contributed by atoms with Crippen LogP contribution in [0.3, 0.4) is 0 Å². The minimum Gasteiger partial charge on any atom is -0.367 e. The summed E-state index contributed by atoms with van der Waals surface area (Å²) in [5.74, 6) is -0.0550. The van der Waals surface area contributed by atoms with Gasteiger partial charge in [-0.15, -0.1) is 0 Å². The molecule has 2 unspecified atom stereocenters. The average molecular weight is 524 g/mol. The lowest BCUT2D eigenvalue weighted by atomic mass is 10.1. The Morgan fingerprint density at radius 2 is 1.82 bits per heavy atom. The molecule has 2 atom stereocenters. The first-order chi connectivity index (χ1) is 18.9.